The van der Waals surface area contributed by atoms with Crippen molar-refractivity contribution in [1.82, 2.24) is 0 Å². The topological polar surface area (TPSA) is 18.5 Å². The summed E-state index contributed by atoms with van der Waals surface area (Å²) in [5.41, 5.74) is 0.649. The van der Waals surface area contributed by atoms with Gasteiger partial charge in [0.25, 0.3) is 0 Å². The fraction of sp³-hybridized carbons (Fsp3) is 0.455. The Hall–Kier alpha value is -1.23. The van der Waals surface area contributed by atoms with Gasteiger partial charge in [0.15, 0.2) is 0 Å². The Bertz CT molecular complexity index is 334. The molecule has 1 aromatic carbocycles. The van der Waals surface area contributed by atoms with Crippen molar-refractivity contribution < 1.29 is 22.6 Å². The maximum Gasteiger partial charge on any atom is 0.573 e. The highest BCUT2D eigenvalue weighted by atomic mass is 19.4. The molecule has 0 spiro atoms. The lowest BCUT2D eigenvalue weighted by atomic mass is 10.2. The van der Waals surface area contributed by atoms with Gasteiger partial charge in [-0.25, -0.2) is 0 Å². The lowest BCUT2D eigenvalue weighted by Crippen LogP contribution is -2.17. The monoisotopic (exact) mass is 234 g/mol. The number of alkyl halides is 3. The molecule has 1 aromatic rings. The summed E-state index contributed by atoms with van der Waals surface area (Å²) < 4.78 is 44.9. The maximum absolute atomic E-state index is 11.9. The smallest absolute Gasteiger partial charge is 0.406 e. The highest BCUT2D eigenvalue weighted by Crippen LogP contribution is 2.23. The molecule has 0 aliphatic carbocycles. The first-order chi connectivity index (χ1) is 7.37. The third-order valence-electron chi connectivity index (χ3n) is 1.72. The number of halogens is 3. The second-order valence-electron chi connectivity index (χ2n) is 3.55. The lowest BCUT2D eigenvalue weighted by molar-refractivity contribution is -0.274. The zero-order valence-electron chi connectivity index (χ0n) is 9.04. The fourth-order valence-electron chi connectivity index (χ4n) is 1.10. The van der Waals surface area contributed by atoms with E-state index in [0.717, 1.165) is 0 Å². The number of benzene rings is 1. The van der Waals surface area contributed by atoms with Crippen LogP contribution in [0.3, 0.4) is 0 Å². The van der Waals surface area contributed by atoms with E-state index in [-0.39, 0.29) is 18.5 Å². The van der Waals surface area contributed by atoms with Crippen LogP contribution in [0, 0.1) is 0 Å². The van der Waals surface area contributed by atoms with E-state index in [1.54, 1.807) is 6.07 Å². The lowest BCUT2D eigenvalue weighted by Gasteiger charge is -2.11. The molecule has 0 bridgehead atoms. The maximum atomic E-state index is 11.9. The molecule has 0 N–H and O–H groups in total. The first-order valence-corrected chi connectivity index (χ1v) is 4.83. The molecule has 1 rings (SSSR count). The Balaban J connectivity index is 2.64. The van der Waals surface area contributed by atoms with Crippen molar-refractivity contribution in [3.63, 3.8) is 0 Å². The second-order valence-corrected chi connectivity index (χ2v) is 3.55. The second kappa shape index (κ2) is 5.21. The van der Waals surface area contributed by atoms with Crippen molar-refractivity contribution in [2.45, 2.75) is 32.9 Å². The van der Waals surface area contributed by atoms with Gasteiger partial charge in [-0.3, -0.25) is 0 Å². The molecule has 0 fully saturated rings. The standard InChI is InChI=1S/C11H13F3O2/c1-8(2)15-7-9-4-3-5-10(6-9)16-11(12,13)14/h3-6,8H,7H2,1-2H3. The largest absolute Gasteiger partial charge is 0.573 e. The van der Waals surface area contributed by atoms with Crippen molar-refractivity contribution in [2.75, 3.05) is 0 Å². The quantitative estimate of drug-likeness (QED) is 0.793. The summed E-state index contributed by atoms with van der Waals surface area (Å²) in [6.45, 7) is 3.98. The molecule has 2 nitrogen and oxygen atoms in total. The van der Waals surface area contributed by atoms with Gasteiger partial charge in [-0.15, -0.1) is 13.2 Å². The molecule has 5 heteroatoms. The van der Waals surface area contributed by atoms with E-state index in [9.17, 15) is 13.2 Å². The van der Waals surface area contributed by atoms with Crippen LogP contribution in [0.5, 0.6) is 5.75 Å². The number of rotatable bonds is 4. The molecule has 0 aromatic heterocycles. The van der Waals surface area contributed by atoms with Crippen molar-refractivity contribution >= 4 is 0 Å². The van der Waals surface area contributed by atoms with E-state index in [4.69, 9.17) is 4.74 Å². The van der Waals surface area contributed by atoms with E-state index in [2.05, 4.69) is 4.74 Å². The summed E-state index contributed by atoms with van der Waals surface area (Å²) in [5.74, 6) is -0.225. The molecule has 0 heterocycles. The average Bonchev–Trinajstić information content (AvgIpc) is 2.12. The predicted octanol–water partition coefficient (Wildman–Crippen LogP) is 3.51. The summed E-state index contributed by atoms with van der Waals surface area (Å²) in [4.78, 5) is 0. The van der Waals surface area contributed by atoms with Crippen molar-refractivity contribution in [1.29, 1.82) is 0 Å². The first-order valence-electron chi connectivity index (χ1n) is 4.83. The van der Waals surface area contributed by atoms with Crippen molar-refractivity contribution in [2.24, 2.45) is 0 Å². The van der Waals surface area contributed by atoms with Gasteiger partial charge in [0.1, 0.15) is 5.75 Å². The third-order valence-corrected chi connectivity index (χ3v) is 1.72. The van der Waals surface area contributed by atoms with Crippen LogP contribution in [-0.2, 0) is 11.3 Å². The van der Waals surface area contributed by atoms with Gasteiger partial charge in [-0.05, 0) is 31.5 Å². The Kier molecular flexibility index (Phi) is 4.18. The van der Waals surface area contributed by atoms with Crippen molar-refractivity contribution in [3.8, 4) is 5.75 Å². The van der Waals surface area contributed by atoms with Gasteiger partial charge in [-0.1, -0.05) is 12.1 Å². The first kappa shape index (κ1) is 12.8. The molecule has 0 aliphatic rings. The predicted molar refractivity (Wildman–Crippen MR) is 53.1 cm³/mol. The fourth-order valence-corrected chi connectivity index (χ4v) is 1.10. The molecule has 0 aliphatic heterocycles. The van der Waals surface area contributed by atoms with Crippen LogP contribution in [0.2, 0.25) is 0 Å². The summed E-state index contributed by atoms with van der Waals surface area (Å²) in [7, 11) is 0. The minimum Gasteiger partial charge on any atom is -0.406 e. The molecule has 0 saturated carbocycles. The van der Waals surface area contributed by atoms with Gasteiger partial charge in [-0.2, -0.15) is 0 Å². The Morgan fingerprint density at radius 1 is 1.25 bits per heavy atom. The van der Waals surface area contributed by atoms with Gasteiger partial charge in [0.2, 0.25) is 0 Å². The number of hydrogen-bond donors (Lipinski definition) is 0. The molecular weight excluding hydrogens is 221 g/mol. The van der Waals surface area contributed by atoms with Gasteiger partial charge in [0.05, 0.1) is 12.7 Å². The van der Waals surface area contributed by atoms with Crippen LogP contribution in [0.4, 0.5) is 13.2 Å². The number of ether oxygens (including phenoxy) is 2. The van der Waals surface area contributed by atoms with Crippen LogP contribution < -0.4 is 4.74 Å². The molecule has 0 atom stereocenters. The highest BCUT2D eigenvalue weighted by Gasteiger charge is 2.31. The van der Waals surface area contributed by atoms with Gasteiger partial charge >= 0.3 is 6.36 Å². The SMILES string of the molecule is CC(C)OCc1cccc(OC(F)(F)F)c1. The molecular formula is C11H13F3O2. The normalized spacial score (nSPS) is 11.9. The Labute approximate surface area is 92.0 Å². The van der Waals surface area contributed by atoms with Crippen LogP contribution in [-0.4, -0.2) is 12.5 Å². The third kappa shape index (κ3) is 5.02. The van der Waals surface area contributed by atoms with E-state index in [1.165, 1.54) is 18.2 Å². The van der Waals surface area contributed by atoms with Crippen LogP contribution >= 0.6 is 0 Å². The van der Waals surface area contributed by atoms with E-state index in [1.807, 2.05) is 13.8 Å². The molecule has 0 radical (unpaired) electrons. The minimum atomic E-state index is -4.66. The van der Waals surface area contributed by atoms with Gasteiger partial charge < -0.3 is 9.47 Å². The number of hydrogen-bond acceptors (Lipinski definition) is 2. The Morgan fingerprint density at radius 2 is 1.94 bits per heavy atom. The van der Waals surface area contributed by atoms with Crippen LogP contribution in [0.25, 0.3) is 0 Å². The average molecular weight is 234 g/mol. The van der Waals surface area contributed by atoms with E-state index in [0.29, 0.717) is 5.56 Å². The molecule has 0 saturated heterocycles. The zero-order valence-corrected chi connectivity index (χ0v) is 9.04. The zero-order chi connectivity index (χ0) is 12.2. The molecule has 90 valence electrons. The van der Waals surface area contributed by atoms with Crippen molar-refractivity contribution in [3.05, 3.63) is 29.8 Å². The van der Waals surface area contributed by atoms with Gasteiger partial charge in [0, 0.05) is 0 Å². The Morgan fingerprint density at radius 3 is 2.50 bits per heavy atom. The highest BCUT2D eigenvalue weighted by molar-refractivity contribution is 5.28. The summed E-state index contributed by atoms with van der Waals surface area (Å²) >= 11 is 0. The van der Waals surface area contributed by atoms with E-state index < -0.39 is 6.36 Å². The minimum absolute atomic E-state index is 0.0344. The van der Waals surface area contributed by atoms with Crippen LogP contribution in [0.15, 0.2) is 24.3 Å². The summed E-state index contributed by atoms with van der Waals surface area (Å²) in [6.07, 6.45) is -4.62. The summed E-state index contributed by atoms with van der Waals surface area (Å²) in [5, 5.41) is 0. The van der Waals surface area contributed by atoms with Crippen LogP contribution in [0.1, 0.15) is 19.4 Å². The molecule has 16 heavy (non-hydrogen) atoms. The molecule has 0 unspecified atom stereocenters. The molecule has 0 amide bonds. The summed E-state index contributed by atoms with van der Waals surface area (Å²) in [6, 6.07) is 5.76. The van der Waals surface area contributed by atoms with E-state index >= 15 is 0 Å².